The van der Waals surface area contributed by atoms with Crippen LogP contribution in [0.1, 0.15) is 40.0 Å². The second-order valence-electron chi connectivity index (χ2n) is 4.73. The Morgan fingerprint density at radius 3 is 0.667 bits per heavy atom. The Labute approximate surface area is 171 Å². The third kappa shape index (κ3) is 244. The minimum Gasteiger partial charge on any atom is -0.303 e. The van der Waals surface area contributed by atoms with Crippen LogP contribution in [0.25, 0.3) is 0 Å². The SMILES string of the molecule is CCCN(CCC)CCC.O=P(O)(O)F.O=P(O)(O)F.O=P(O)(O)F.O=P(O)(O)F. The molecule has 8 N–H and O–H groups in total. The van der Waals surface area contributed by atoms with E-state index >= 15 is 0 Å². The summed E-state index contributed by atoms with van der Waals surface area (Å²) in [5.41, 5.74) is 0. The van der Waals surface area contributed by atoms with Crippen LogP contribution >= 0.6 is 31.6 Å². The molecule has 0 bridgehead atoms. The molecule has 13 nitrogen and oxygen atoms in total. The Bertz CT molecular complexity index is 435. The Morgan fingerprint density at radius 1 is 0.500 bits per heavy atom. The lowest BCUT2D eigenvalue weighted by molar-refractivity contribution is 0.275. The van der Waals surface area contributed by atoms with Crippen LogP contribution in [-0.4, -0.2) is 63.7 Å². The fourth-order valence-electron chi connectivity index (χ4n) is 1.28. The minimum atomic E-state index is -5.14. The van der Waals surface area contributed by atoms with E-state index in [-0.39, 0.29) is 0 Å². The molecule has 21 heteroatoms. The predicted molar refractivity (Wildman–Crippen MR) is 99.9 cm³/mol. The molecule has 0 aliphatic heterocycles. The summed E-state index contributed by atoms with van der Waals surface area (Å²) in [6.45, 7) is 10.6. The van der Waals surface area contributed by atoms with Gasteiger partial charge >= 0.3 is 31.6 Å². The molecule has 0 saturated heterocycles. The van der Waals surface area contributed by atoms with Crippen molar-refractivity contribution >= 4 is 31.6 Å². The van der Waals surface area contributed by atoms with Crippen molar-refractivity contribution in [3.8, 4) is 0 Å². The van der Waals surface area contributed by atoms with Crippen molar-refractivity contribution < 1.29 is 74.2 Å². The van der Waals surface area contributed by atoms with E-state index < -0.39 is 31.6 Å². The van der Waals surface area contributed by atoms with Crippen LogP contribution in [0.3, 0.4) is 0 Å². The lowest BCUT2D eigenvalue weighted by atomic mass is 10.3. The van der Waals surface area contributed by atoms with Gasteiger partial charge in [0.05, 0.1) is 0 Å². The summed E-state index contributed by atoms with van der Waals surface area (Å²) in [5, 5.41) is 0. The lowest BCUT2D eigenvalue weighted by Crippen LogP contribution is -2.25. The zero-order valence-corrected chi connectivity index (χ0v) is 19.8. The highest BCUT2D eigenvalue weighted by Gasteiger charge is 2.06. The highest BCUT2D eigenvalue weighted by atomic mass is 31.2. The fraction of sp³-hybridized carbons (Fsp3) is 1.00. The quantitative estimate of drug-likeness (QED) is 0.178. The highest BCUT2D eigenvalue weighted by Crippen LogP contribution is 2.36. The molecular weight excluding hydrogens is 514 g/mol. The molecule has 30 heavy (non-hydrogen) atoms. The Morgan fingerprint density at radius 2 is 0.600 bits per heavy atom. The van der Waals surface area contributed by atoms with Gasteiger partial charge in [0.1, 0.15) is 0 Å². The fourth-order valence-corrected chi connectivity index (χ4v) is 1.28. The summed E-state index contributed by atoms with van der Waals surface area (Å²) in [4.78, 5) is 58.3. The molecule has 0 aliphatic rings. The smallest absolute Gasteiger partial charge is 0.303 e. The van der Waals surface area contributed by atoms with E-state index in [4.69, 9.17) is 57.4 Å². The molecular formula is C9H29F4NO12P4. The number of hydrogen-bond donors (Lipinski definition) is 8. The topological polar surface area (TPSA) is 233 Å². The van der Waals surface area contributed by atoms with Gasteiger partial charge in [-0.25, -0.2) is 18.3 Å². The van der Waals surface area contributed by atoms with Crippen LogP contribution in [0.15, 0.2) is 0 Å². The van der Waals surface area contributed by atoms with Gasteiger partial charge in [0.25, 0.3) is 0 Å². The molecule has 0 fully saturated rings. The first-order chi connectivity index (χ1) is 12.8. The predicted octanol–water partition coefficient (Wildman–Crippen LogP) is 2.71. The van der Waals surface area contributed by atoms with E-state index in [0.29, 0.717) is 0 Å². The van der Waals surface area contributed by atoms with Crippen LogP contribution in [0, 0.1) is 0 Å². The molecule has 0 heterocycles. The molecule has 0 aromatic carbocycles. The van der Waals surface area contributed by atoms with E-state index in [2.05, 4.69) is 25.7 Å². The third-order valence-corrected chi connectivity index (χ3v) is 1.62. The van der Waals surface area contributed by atoms with Crippen molar-refractivity contribution in [3.63, 3.8) is 0 Å². The first-order valence-corrected chi connectivity index (χ1v) is 13.6. The monoisotopic (exact) mass is 543 g/mol. The summed E-state index contributed by atoms with van der Waals surface area (Å²) in [6.07, 6.45) is 3.88. The number of rotatable bonds is 6. The van der Waals surface area contributed by atoms with Crippen LogP contribution in [0.4, 0.5) is 16.8 Å². The molecule has 0 aromatic rings. The Balaban J connectivity index is -0.0000000908. The van der Waals surface area contributed by atoms with E-state index in [9.17, 15) is 16.8 Å². The molecule has 0 unspecified atom stereocenters. The molecule has 0 spiro atoms. The zero-order chi connectivity index (χ0) is 25.8. The Hall–Kier alpha value is 0.280. The average molecular weight is 543 g/mol. The maximum atomic E-state index is 10.4. The van der Waals surface area contributed by atoms with E-state index in [1.54, 1.807) is 0 Å². The molecule has 0 aromatic heterocycles. The minimum absolute atomic E-state index is 1.28. The molecule has 0 rings (SSSR count). The normalized spacial score (nSPS) is 11.5. The van der Waals surface area contributed by atoms with Gasteiger partial charge in [-0.2, -0.15) is 0 Å². The van der Waals surface area contributed by atoms with Gasteiger partial charge in [0.2, 0.25) is 0 Å². The average Bonchev–Trinajstić information content (AvgIpc) is 2.31. The lowest BCUT2D eigenvalue weighted by Gasteiger charge is -2.19. The van der Waals surface area contributed by atoms with Gasteiger partial charge in [-0.3, -0.25) is 39.1 Å². The number of nitrogens with zero attached hydrogens (tertiary/aromatic N) is 1. The summed E-state index contributed by atoms with van der Waals surface area (Å²) in [6, 6.07) is 0. The summed E-state index contributed by atoms with van der Waals surface area (Å²) >= 11 is 0. The second-order valence-corrected chi connectivity index (χ2v) is 8.52. The number of hydrogen-bond acceptors (Lipinski definition) is 5. The molecule has 0 aliphatic carbocycles. The highest BCUT2D eigenvalue weighted by molar-refractivity contribution is 7.46. The maximum absolute atomic E-state index is 10.4. The van der Waals surface area contributed by atoms with Crippen molar-refractivity contribution in [2.45, 2.75) is 40.0 Å². The molecule has 0 atom stereocenters. The van der Waals surface area contributed by atoms with Crippen molar-refractivity contribution in [1.29, 1.82) is 0 Å². The maximum Gasteiger partial charge on any atom is 0.507 e. The first kappa shape index (κ1) is 40.6. The second kappa shape index (κ2) is 21.1. The van der Waals surface area contributed by atoms with Gasteiger partial charge in [-0.1, -0.05) is 20.8 Å². The van der Waals surface area contributed by atoms with Crippen molar-refractivity contribution in [2.75, 3.05) is 19.6 Å². The molecule has 0 saturated carbocycles. The third-order valence-electron chi connectivity index (χ3n) is 1.62. The van der Waals surface area contributed by atoms with Crippen LogP contribution in [0.2, 0.25) is 0 Å². The Kier molecular flexibility index (Phi) is 28.6. The standard InChI is InChI=1S/C9H21N.4FH2O3P/c1-4-7-10(8-5-2)9-6-3;4*1-5(2,3)4/h4-9H2,1-3H3;4*(H2,2,3,4). The summed E-state index contributed by atoms with van der Waals surface area (Å²) in [7, 11) is -20.6. The van der Waals surface area contributed by atoms with Crippen LogP contribution in [0.5, 0.6) is 0 Å². The van der Waals surface area contributed by atoms with E-state index in [1.165, 1.54) is 38.9 Å². The summed E-state index contributed by atoms with van der Waals surface area (Å²) in [5.74, 6) is 0. The van der Waals surface area contributed by atoms with Gasteiger partial charge in [-0.15, -0.1) is 16.8 Å². The first-order valence-electron chi connectivity index (χ1n) is 7.58. The molecule has 190 valence electrons. The largest absolute Gasteiger partial charge is 0.507 e. The zero-order valence-electron chi connectivity index (χ0n) is 16.2. The van der Waals surface area contributed by atoms with Gasteiger partial charge in [0.15, 0.2) is 0 Å². The van der Waals surface area contributed by atoms with Crippen molar-refractivity contribution in [2.24, 2.45) is 0 Å². The van der Waals surface area contributed by atoms with Crippen LogP contribution in [-0.2, 0) is 18.3 Å². The number of halogens is 4. The van der Waals surface area contributed by atoms with Gasteiger partial charge < -0.3 is 4.90 Å². The summed E-state index contributed by atoms with van der Waals surface area (Å²) < 4.78 is 76.1. The molecule has 0 amide bonds. The van der Waals surface area contributed by atoms with E-state index in [1.807, 2.05) is 0 Å². The van der Waals surface area contributed by atoms with Gasteiger partial charge in [0, 0.05) is 0 Å². The molecule has 0 radical (unpaired) electrons. The van der Waals surface area contributed by atoms with Gasteiger partial charge in [-0.05, 0) is 38.9 Å². The van der Waals surface area contributed by atoms with E-state index in [0.717, 1.165) is 0 Å². The van der Waals surface area contributed by atoms with Crippen molar-refractivity contribution in [3.05, 3.63) is 0 Å². The van der Waals surface area contributed by atoms with Crippen LogP contribution < -0.4 is 0 Å². The van der Waals surface area contributed by atoms with Crippen molar-refractivity contribution in [1.82, 2.24) is 4.90 Å².